The minimum absolute atomic E-state index is 0.228. The average molecular weight is 497 g/mol. The first-order chi connectivity index (χ1) is 16.3. The van der Waals surface area contributed by atoms with Crippen LogP contribution >= 0.6 is 22.9 Å². The number of aryl methyl sites for hydroxylation is 2. The van der Waals surface area contributed by atoms with Crippen LogP contribution in [0, 0.1) is 13.8 Å². The molecule has 2 N–H and O–H groups in total. The van der Waals surface area contributed by atoms with E-state index in [2.05, 4.69) is 15.6 Å². The summed E-state index contributed by atoms with van der Waals surface area (Å²) < 4.78 is 6.40. The SMILES string of the molecule is COc1cccc(NC(=O)c2sc3ncn(CC(=O)Nc4ccc(C)c(Cl)c4)c(=O)c3c2C)c1. The van der Waals surface area contributed by atoms with E-state index in [9.17, 15) is 14.4 Å². The summed E-state index contributed by atoms with van der Waals surface area (Å²) in [4.78, 5) is 43.6. The Labute approximate surface area is 204 Å². The molecule has 0 radical (unpaired) electrons. The Morgan fingerprint density at radius 2 is 1.88 bits per heavy atom. The van der Waals surface area contributed by atoms with Gasteiger partial charge in [-0.15, -0.1) is 11.3 Å². The molecule has 4 aromatic rings. The first-order valence-corrected chi connectivity index (χ1v) is 11.5. The molecule has 0 saturated carbocycles. The van der Waals surface area contributed by atoms with E-state index in [0.717, 1.165) is 16.9 Å². The molecule has 0 unspecified atom stereocenters. The summed E-state index contributed by atoms with van der Waals surface area (Å²) in [5.74, 6) is -0.137. The first-order valence-electron chi connectivity index (χ1n) is 10.3. The predicted octanol–water partition coefficient (Wildman–Crippen LogP) is 4.63. The lowest BCUT2D eigenvalue weighted by molar-refractivity contribution is -0.116. The predicted molar refractivity (Wildman–Crippen MR) is 134 cm³/mol. The summed E-state index contributed by atoms with van der Waals surface area (Å²) in [6.07, 6.45) is 1.31. The summed E-state index contributed by atoms with van der Waals surface area (Å²) >= 11 is 7.23. The number of nitrogens with zero attached hydrogens (tertiary/aromatic N) is 2. The van der Waals surface area contributed by atoms with Crippen LogP contribution in [-0.2, 0) is 11.3 Å². The van der Waals surface area contributed by atoms with E-state index in [1.165, 1.54) is 10.9 Å². The summed E-state index contributed by atoms with van der Waals surface area (Å²) in [6.45, 7) is 3.33. The number of rotatable bonds is 6. The number of aromatic nitrogens is 2. The lowest BCUT2D eigenvalue weighted by Crippen LogP contribution is -2.28. The molecule has 0 fully saturated rings. The Morgan fingerprint density at radius 3 is 2.62 bits per heavy atom. The van der Waals surface area contributed by atoms with Crippen LogP contribution in [0.4, 0.5) is 11.4 Å². The van der Waals surface area contributed by atoms with Gasteiger partial charge in [-0.3, -0.25) is 19.0 Å². The highest BCUT2D eigenvalue weighted by Crippen LogP contribution is 2.28. The highest BCUT2D eigenvalue weighted by atomic mass is 35.5. The summed E-state index contributed by atoms with van der Waals surface area (Å²) in [5, 5.41) is 6.39. The van der Waals surface area contributed by atoms with E-state index in [1.807, 2.05) is 6.92 Å². The van der Waals surface area contributed by atoms with Gasteiger partial charge in [-0.25, -0.2) is 4.98 Å². The van der Waals surface area contributed by atoms with Crippen LogP contribution in [0.15, 0.2) is 53.6 Å². The lowest BCUT2D eigenvalue weighted by Gasteiger charge is -2.08. The monoisotopic (exact) mass is 496 g/mol. The van der Waals surface area contributed by atoms with Gasteiger partial charge in [0.05, 0.1) is 23.7 Å². The van der Waals surface area contributed by atoms with Crippen molar-refractivity contribution in [2.75, 3.05) is 17.7 Å². The fourth-order valence-electron chi connectivity index (χ4n) is 3.40. The standard InChI is InChI=1S/C24H21ClN4O4S/c1-13-7-8-16(10-18(13)25)27-19(30)11-29-12-26-23-20(24(29)32)14(2)21(34-23)22(31)28-15-5-4-6-17(9-15)33-3/h4-10,12H,11H2,1-3H3,(H,27,30)(H,28,31). The second-order valence-corrected chi connectivity index (χ2v) is 9.02. The second kappa shape index (κ2) is 9.66. The minimum Gasteiger partial charge on any atom is -0.497 e. The maximum absolute atomic E-state index is 13.1. The normalized spacial score (nSPS) is 10.8. The number of nitrogens with one attached hydrogen (secondary N) is 2. The largest absolute Gasteiger partial charge is 0.497 e. The van der Waals surface area contributed by atoms with Crippen molar-refractivity contribution in [1.82, 2.24) is 9.55 Å². The van der Waals surface area contributed by atoms with Crippen molar-refractivity contribution in [2.24, 2.45) is 0 Å². The number of ether oxygens (including phenoxy) is 1. The van der Waals surface area contributed by atoms with Crippen LogP contribution in [0.2, 0.25) is 5.02 Å². The van der Waals surface area contributed by atoms with Crippen molar-refractivity contribution in [3.05, 3.63) is 80.2 Å². The first kappa shape index (κ1) is 23.5. The number of hydrogen-bond acceptors (Lipinski definition) is 6. The molecule has 10 heteroatoms. The number of anilines is 2. The molecule has 0 spiro atoms. The van der Waals surface area contributed by atoms with E-state index >= 15 is 0 Å². The second-order valence-electron chi connectivity index (χ2n) is 7.61. The number of carbonyl (C=O) groups excluding carboxylic acids is 2. The van der Waals surface area contributed by atoms with Crippen molar-refractivity contribution >= 4 is 56.3 Å². The molecular formula is C24H21ClN4O4S. The summed E-state index contributed by atoms with van der Waals surface area (Å²) in [5.41, 5.74) is 2.12. The molecule has 2 amide bonds. The minimum atomic E-state index is -0.396. The molecule has 0 aliphatic heterocycles. The highest BCUT2D eigenvalue weighted by molar-refractivity contribution is 7.20. The topological polar surface area (TPSA) is 102 Å². The van der Waals surface area contributed by atoms with Crippen molar-refractivity contribution < 1.29 is 14.3 Å². The van der Waals surface area contributed by atoms with Crippen LogP contribution in [0.3, 0.4) is 0 Å². The zero-order valence-electron chi connectivity index (χ0n) is 18.6. The number of hydrogen-bond donors (Lipinski definition) is 2. The maximum Gasteiger partial charge on any atom is 0.266 e. The van der Waals surface area contributed by atoms with Gasteiger partial charge < -0.3 is 15.4 Å². The van der Waals surface area contributed by atoms with Gasteiger partial charge in [0.2, 0.25) is 5.91 Å². The van der Waals surface area contributed by atoms with Crippen LogP contribution in [0.25, 0.3) is 10.2 Å². The van der Waals surface area contributed by atoms with Gasteiger partial charge in [0.1, 0.15) is 17.1 Å². The van der Waals surface area contributed by atoms with Crippen molar-refractivity contribution in [3.8, 4) is 5.75 Å². The third-order valence-electron chi connectivity index (χ3n) is 5.22. The Hall–Kier alpha value is -3.69. The third-order valence-corrected chi connectivity index (χ3v) is 6.83. The molecule has 2 aromatic carbocycles. The highest BCUT2D eigenvalue weighted by Gasteiger charge is 2.20. The van der Waals surface area contributed by atoms with Gasteiger partial charge in [0, 0.05) is 22.5 Å². The van der Waals surface area contributed by atoms with Gasteiger partial charge in [-0.1, -0.05) is 23.7 Å². The molecule has 8 nitrogen and oxygen atoms in total. The number of fused-ring (bicyclic) bond motifs is 1. The molecule has 0 saturated heterocycles. The van der Waals surface area contributed by atoms with E-state index in [-0.39, 0.29) is 12.5 Å². The average Bonchev–Trinajstić information content (AvgIpc) is 3.15. The Bertz CT molecular complexity index is 1480. The number of benzene rings is 2. The van der Waals surface area contributed by atoms with E-state index in [4.69, 9.17) is 16.3 Å². The Kier molecular flexibility index (Phi) is 6.67. The smallest absolute Gasteiger partial charge is 0.266 e. The van der Waals surface area contributed by atoms with Crippen LogP contribution in [0.1, 0.15) is 20.8 Å². The number of amides is 2. The molecule has 0 bridgehead atoms. The van der Waals surface area contributed by atoms with Crippen LogP contribution < -0.4 is 20.9 Å². The van der Waals surface area contributed by atoms with Crippen molar-refractivity contribution in [1.29, 1.82) is 0 Å². The van der Waals surface area contributed by atoms with Crippen LogP contribution in [-0.4, -0.2) is 28.5 Å². The van der Waals surface area contributed by atoms with E-state index < -0.39 is 11.5 Å². The van der Waals surface area contributed by atoms with E-state index in [1.54, 1.807) is 56.5 Å². The molecule has 0 aliphatic rings. The van der Waals surface area contributed by atoms with Gasteiger partial charge in [0.25, 0.3) is 11.5 Å². The number of halogens is 1. The lowest BCUT2D eigenvalue weighted by atomic mass is 10.2. The maximum atomic E-state index is 13.1. The van der Waals surface area contributed by atoms with Gasteiger partial charge in [-0.05, 0) is 49.2 Å². The molecule has 34 heavy (non-hydrogen) atoms. The summed E-state index contributed by atoms with van der Waals surface area (Å²) in [7, 11) is 1.55. The number of methoxy groups -OCH3 is 1. The quantitative estimate of drug-likeness (QED) is 0.405. The Morgan fingerprint density at radius 1 is 1.12 bits per heavy atom. The zero-order valence-corrected chi connectivity index (χ0v) is 20.2. The number of thiophene rings is 1. The Balaban J connectivity index is 1.56. The molecule has 0 aliphatic carbocycles. The van der Waals surface area contributed by atoms with Crippen molar-refractivity contribution in [3.63, 3.8) is 0 Å². The fraction of sp³-hybridized carbons (Fsp3) is 0.167. The molecule has 4 rings (SSSR count). The number of carbonyl (C=O) groups is 2. The molecule has 174 valence electrons. The molecule has 2 heterocycles. The van der Waals surface area contributed by atoms with Gasteiger partial charge in [0.15, 0.2) is 0 Å². The van der Waals surface area contributed by atoms with Gasteiger partial charge in [-0.2, -0.15) is 0 Å². The van der Waals surface area contributed by atoms with E-state index in [0.29, 0.717) is 42.8 Å². The molecular weight excluding hydrogens is 476 g/mol. The zero-order chi connectivity index (χ0) is 24.4. The summed E-state index contributed by atoms with van der Waals surface area (Å²) in [6, 6.07) is 12.2. The molecule has 2 aromatic heterocycles. The van der Waals surface area contributed by atoms with Crippen LogP contribution in [0.5, 0.6) is 5.75 Å². The van der Waals surface area contributed by atoms with Crippen molar-refractivity contribution in [2.45, 2.75) is 20.4 Å². The van der Waals surface area contributed by atoms with Gasteiger partial charge >= 0.3 is 0 Å². The fourth-order valence-corrected chi connectivity index (χ4v) is 4.62. The third kappa shape index (κ3) is 4.80. The molecule has 0 atom stereocenters.